The van der Waals surface area contributed by atoms with Crippen LogP contribution >= 0.6 is 11.6 Å². The number of anilines is 1. The van der Waals surface area contributed by atoms with Crippen LogP contribution in [-0.4, -0.2) is 30.1 Å². The third kappa shape index (κ3) is 3.34. The van der Waals surface area contributed by atoms with Gasteiger partial charge in [0.2, 0.25) is 0 Å². The van der Waals surface area contributed by atoms with E-state index in [1.54, 1.807) is 0 Å². The SMILES string of the molecule is Nc1cc(C(=O)NCCC2CCCO2)c(Cl)cn1. The highest BCUT2D eigenvalue weighted by molar-refractivity contribution is 6.33. The van der Waals surface area contributed by atoms with Crippen molar-refractivity contribution in [2.24, 2.45) is 0 Å². The van der Waals surface area contributed by atoms with Crippen molar-refractivity contribution in [2.75, 3.05) is 18.9 Å². The summed E-state index contributed by atoms with van der Waals surface area (Å²) >= 11 is 5.89. The van der Waals surface area contributed by atoms with Crippen LogP contribution in [0.2, 0.25) is 5.02 Å². The summed E-state index contributed by atoms with van der Waals surface area (Å²) in [5.41, 5.74) is 5.88. The van der Waals surface area contributed by atoms with Gasteiger partial charge in [-0.3, -0.25) is 4.79 Å². The standard InChI is InChI=1S/C12H16ClN3O2/c13-10-7-16-11(14)6-9(10)12(17)15-4-3-8-2-1-5-18-8/h6-8H,1-5H2,(H2,14,16)(H,15,17). The van der Waals surface area contributed by atoms with Gasteiger partial charge in [-0.05, 0) is 25.3 Å². The van der Waals surface area contributed by atoms with E-state index in [4.69, 9.17) is 22.1 Å². The number of hydrogen-bond acceptors (Lipinski definition) is 4. The second-order valence-corrected chi connectivity index (χ2v) is 4.68. The van der Waals surface area contributed by atoms with Crippen LogP contribution in [0.15, 0.2) is 12.3 Å². The number of aromatic nitrogens is 1. The molecule has 1 aromatic heterocycles. The fourth-order valence-electron chi connectivity index (χ4n) is 1.94. The Kier molecular flexibility index (Phi) is 4.38. The molecule has 98 valence electrons. The molecule has 1 amide bonds. The van der Waals surface area contributed by atoms with E-state index in [-0.39, 0.29) is 17.8 Å². The Morgan fingerprint density at radius 1 is 1.67 bits per heavy atom. The smallest absolute Gasteiger partial charge is 0.252 e. The predicted octanol–water partition coefficient (Wildman–Crippen LogP) is 1.62. The maximum Gasteiger partial charge on any atom is 0.252 e. The lowest BCUT2D eigenvalue weighted by atomic mass is 10.2. The summed E-state index contributed by atoms with van der Waals surface area (Å²) in [4.78, 5) is 15.7. The molecular formula is C12H16ClN3O2. The van der Waals surface area contributed by atoms with Gasteiger partial charge in [-0.1, -0.05) is 11.6 Å². The zero-order valence-electron chi connectivity index (χ0n) is 9.99. The molecule has 1 atom stereocenters. The average molecular weight is 270 g/mol. The molecule has 6 heteroatoms. The summed E-state index contributed by atoms with van der Waals surface area (Å²) in [6, 6.07) is 1.48. The van der Waals surface area contributed by atoms with E-state index < -0.39 is 0 Å². The normalized spacial score (nSPS) is 18.8. The third-order valence-corrected chi connectivity index (χ3v) is 3.20. The molecule has 3 N–H and O–H groups in total. The van der Waals surface area contributed by atoms with E-state index in [0.29, 0.717) is 17.1 Å². The maximum absolute atomic E-state index is 11.9. The summed E-state index contributed by atoms with van der Waals surface area (Å²) < 4.78 is 5.48. The van der Waals surface area contributed by atoms with E-state index in [0.717, 1.165) is 25.9 Å². The highest BCUT2D eigenvalue weighted by Gasteiger charge is 2.16. The highest BCUT2D eigenvalue weighted by Crippen LogP contribution is 2.17. The Bertz CT molecular complexity index is 433. The molecule has 0 spiro atoms. The zero-order chi connectivity index (χ0) is 13.0. The van der Waals surface area contributed by atoms with Gasteiger partial charge in [0.15, 0.2) is 0 Å². The number of hydrogen-bond donors (Lipinski definition) is 2. The third-order valence-electron chi connectivity index (χ3n) is 2.90. The van der Waals surface area contributed by atoms with E-state index in [9.17, 15) is 4.79 Å². The number of carbonyl (C=O) groups is 1. The average Bonchev–Trinajstić information content (AvgIpc) is 2.85. The van der Waals surface area contributed by atoms with Gasteiger partial charge in [0.25, 0.3) is 5.91 Å². The van der Waals surface area contributed by atoms with Gasteiger partial charge in [0.1, 0.15) is 5.82 Å². The fraction of sp³-hybridized carbons (Fsp3) is 0.500. The van der Waals surface area contributed by atoms with Gasteiger partial charge >= 0.3 is 0 Å². The van der Waals surface area contributed by atoms with E-state index in [2.05, 4.69) is 10.3 Å². The van der Waals surface area contributed by atoms with Crippen molar-refractivity contribution >= 4 is 23.3 Å². The number of nitrogens with two attached hydrogens (primary N) is 1. The molecule has 1 saturated heterocycles. The van der Waals surface area contributed by atoms with Crippen molar-refractivity contribution in [1.82, 2.24) is 10.3 Å². The first-order valence-electron chi connectivity index (χ1n) is 5.97. The number of rotatable bonds is 4. The van der Waals surface area contributed by atoms with Gasteiger partial charge in [-0.15, -0.1) is 0 Å². The molecule has 1 aliphatic rings. The number of ether oxygens (including phenoxy) is 1. The molecule has 18 heavy (non-hydrogen) atoms. The van der Waals surface area contributed by atoms with Crippen molar-refractivity contribution in [3.8, 4) is 0 Å². The van der Waals surface area contributed by atoms with Gasteiger partial charge < -0.3 is 15.8 Å². The van der Waals surface area contributed by atoms with Gasteiger partial charge in [-0.25, -0.2) is 4.98 Å². The molecule has 1 aromatic rings. The minimum Gasteiger partial charge on any atom is -0.384 e. The largest absolute Gasteiger partial charge is 0.384 e. The van der Waals surface area contributed by atoms with Gasteiger partial charge in [-0.2, -0.15) is 0 Å². The summed E-state index contributed by atoms with van der Waals surface area (Å²) in [5.74, 6) is 0.0516. The maximum atomic E-state index is 11.9. The summed E-state index contributed by atoms with van der Waals surface area (Å²) in [5, 5.41) is 3.11. The molecule has 2 rings (SSSR count). The second-order valence-electron chi connectivity index (χ2n) is 4.27. The predicted molar refractivity (Wildman–Crippen MR) is 69.6 cm³/mol. The van der Waals surface area contributed by atoms with E-state index in [1.165, 1.54) is 12.3 Å². The monoisotopic (exact) mass is 269 g/mol. The molecule has 1 aliphatic heterocycles. The molecule has 0 saturated carbocycles. The number of nitrogens with zero attached hydrogens (tertiary/aromatic N) is 1. The van der Waals surface area contributed by atoms with Crippen LogP contribution in [0.5, 0.6) is 0 Å². The van der Waals surface area contributed by atoms with Crippen molar-refractivity contribution in [2.45, 2.75) is 25.4 Å². The second kappa shape index (κ2) is 6.02. The van der Waals surface area contributed by atoms with Crippen molar-refractivity contribution < 1.29 is 9.53 Å². The minimum absolute atomic E-state index is 0.230. The Morgan fingerprint density at radius 3 is 3.22 bits per heavy atom. The molecule has 0 aromatic carbocycles. The minimum atomic E-state index is -0.230. The number of halogens is 1. The molecule has 2 heterocycles. The number of pyridine rings is 1. The molecular weight excluding hydrogens is 254 g/mol. The number of nitrogens with one attached hydrogen (secondary N) is 1. The first kappa shape index (κ1) is 13.1. The molecule has 0 bridgehead atoms. The summed E-state index contributed by atoms with van der Waals surface area (Å²) in [7, 11) is 0. The fourth-order valence-corrected chi connectivity index (χ4v) is 2.13. The Hall–Kier alpha value is -1.33. The van der Waals surface area contributed by atoms with Crippen LogP contribution < -0.4 is 11.1 Å². The van der Waals surface area contributed by atoms with Crippen molar-refractivity contribution in [3.63, 3.8) is 0 Å². The first-order valence-corrected chi connectivity index (χ1v) is 6.35. The van der Waals surface area contributed by atoms with Crippen LogP contribution in [-0.2, 0) is 4.74 Å². The quantitative estimate of drug-likeness (QED) is 0.871. The molecule has 5 nitrogen and oxygen atoms in total. The van der Waals surface area contributed by atoms with Crippen LogP contribution in [0, 0.1) is 0 Å². The molecule has 0 radical (unpaired) electrons. The van der Waals surface area contributed by atoms with E-state index >= 15 is 0 Å². The Labute approximate surface area is 111 Å². The summed E-state index contributed by atoms with van der Waals surface area (Å²) in [6.45, 7) is 1.40. The molecule has 1 unspecified atom stereocenters. The molecule has 0 aliphatic carbocycles. The van der Waals surface area contributed by atoms with Crippen LogP contribution in [0.25, 0.3) is 0 Å². The summed E-state index contributed by atoms with van der Waals surface area (Å²) in [6.07, 6.45) is 4.64. The Balaban J connectivity index is 1.85. The van der Waals surface area contributed by atoms with Crippen LogP contribution in [0.3, 0.4) is 0 Å². The van der Waals surface area contributed by atoms with Crippen LogP contribution in [0.1, 0.15) is 29.6 Å². The number of amides is 1. The number of carbonyl (C=O) groups excluding carboxylic acids is 1. The topological polar surface area (TPSA) is 77.2 Å². The van der Waals surface area contributed by atoms with Crippen LogP contribution in [0.4, 0.5) is 5.82 Å². The van der Waals surface area contributed by atoms with Crippen molar-refractivity contribution in [3.05, 3.63) is 22.8 Å². The highest BCUT2D eigenvalue weighted by atomic mass is 35.5. The number of nitrogen functional groups attached to an aromatic ring is 1. The zero-order valence-corrected chi connectivity index (χ0v) is 10.7. The van der Waals surface area contributed by atoms with Crippen molar-refractivity contribution in [1.29, 1.82) is 0 Å². The van der Waals surface area contributed by atoms with Gasteiger partial charge in [0, 0.05) is 19.3 Å². The van der Waals surface area contributed by atoms with E-state index in [1.807, 2.05) is 0 Å². The Morgan fingerprint density at radius 2 is 2.50 bits per heavy atom. The van der Waals surface area contributed by atoms with Gasteiger partial charge in [0.05, 0.1) is 16.7 Å². The lowest BCUT2D eigenvalue weighted by Gasteiger charge is -2.10. The first-order chi connectivity index (χ1) is 8.66. The lowest BCUT2D eigenvalue weighted by Crippen LogP contribution is -2.27. The lowest BCUT2D eigenvalue weighted by molar-refractivity contribution is 0.0907. The molecule has 1 fully saturated rings.